The summed E-state index contributed by atoms with van der Waals surface area (Å²) in [5, 5.41) is 2.84. The fourth-order valence-electron chi connectivity index (χ4n) is 3.52. The van der Waals surface area contributed by atoms with Crippen LogP contribution in [0.2, 0.25) is 24.2 Å². The van der Waals surface area contributed by atoms with Gasteiger partial charge in [-0.25, -0.2) is 0 Å². The minimum Gasteiger partial charge on any atom is -0.448 e. The summed E-state index contributed by atoms with van der Waals surface area (Å²) in [4.78, 5) is 0. The van der Waals surface area contributed by atoms with E-state index in [9.17, 15) is 0 Å². The maximum Gasteiger partial charge on any atom is 0.244 e. The van der Waals surface area contributed by atoms with E-state index < -0.39 is 16.6 Å². The van der Waals surface area contributed by atoms with Gasteiger partial charge < -0.3 is 4.12 Å². The van der Waals surface area contributed by atoms with E-state index in [0.717, 1.165) is 6.04 Å². The van der Waals surface area contributed by atoms with Crippen LogP contribution in [0.5, 0.6) is 0 Å². The Morgan fingerprint density at radius 2 is 1.00 bits per heavy atom. The fourth-order valence-corrected chi connectivity index (χ4v) is 13.8. The third-order valence-electron chi connectivity index (χ3n) is 5.30. The van der Waals surface area contributed by atoms with Crippen LogP contribution < -0.4 is 10.4 Å². The predicted octanol–water partition coefficient (Wildman–Crippen LogP) is 4.79. The molecule has 2 rings (SSSR count). The number of hydrogen-bond acceptors (Lipinski definition) is 1. The zero-order valence-corrected chi connectivity index (χ0v) is 17.0. The molecule has 0 saturated heterocycles. The topological polar surface area (TPSA) is 9.23 Å². The molecule has 3 heteroatoms. The fraction of sp³-hybridized carbons (Fsp3) is 0.400. The molecule has 2 aromatic rings. The summed E-state index contributed by atoms with van der Waals surface area (Å²) in [5.41, 5.74) is 0. The minimum atomic E-state index is -2.16. The van der Waals surface area contributed by atoms with Crippen molar-refractivity contribution in [1.29, 1.82) is 0 Å². The third-order valence-corrected chi connectivity index (χ3v) is 15.8. The second-order valence-electron chi connectivity index (χ2n) is 6.26. The molecule has 0 aliphatic carbocycles. The van der Waals surface area contributed by atoms with Crippen LogP contribution in [0.3, 0.4) is 0 Å². The maximum atomic E-state index is 7.27. The molecule has 0 bridgehead atoms. The molecule has 0 fully saturated rings. The second-order valence-corrected chi connectivity index (χ2v) is 15.1. The average molecular weight is 343 g/mol. The Balaban J connectivity index is 2.60. The van der Waals surface area contributed by atoms with Gasteiger partial charge in [0.25, 0.3) is 0 Å². The lowest BCUT2D eigenvalue weighted by atomic mass is 10.4. The van der Waals surface area contributed by atoms with Gasteiger partial charge in [-0.3, -0.25) is 0 Å². The normalized spacial score (nSPS) is 12.3. The summed E-state index contributed by atoms with van der Waals surface area (Å²) < 4.78 is 7.27. The van der Waals surface area contributed by atoms with E-state index in [1.54, 1.807) is 0 Å². The molecule has 0 atom stereocenters. The van der Waals surface area contributed by atoms with Crippen LogP contribution in [0.15, 0.2) is 60.7 Å². The Morgan fingerprint density at radius 1 is 0.609 bits per heavy atom. The van der Waals surface area contributed by atoms with E-state index in [2.05, 4.69) is 88.4 Å². The highest BCUT2D eigenvalue weighted by molar-refractivity contribution is 7.02. The Morgan fingerprint density at radius 3 is 1.30 bits per heavy atom. The van der Waals surface area contributed by atoms with E-state index in [0.29, 0.717) is 0 Å². The van der Waals surface area contributed by atoms with Gasteiger partial charge in [-0.2, -0.15) is 0 Å². The molecule has 1 nitrogen and oxygen atoms in total. The lowest BCUT2D eigenvalue weighted by Crippen LogP contribution is -2.65. The van der Waals surface area contributed by atoms with E-state index in [4.69, 9.17) is 4.12 Å². The first kappa shape index (κ1) is 18.2. The molecular weight excluding hydrogens is 312 g/mol. The number of rotatable bonds is 8. The van der Waals surface area contributed by atoms with Crippen LogP contribution in [0.4, 0.5) is 0 Å². The maximum absolute atomic E-state index is 7.27. The highest BCUT2D eigenvalue weighted by Gasteiger charge is 2.44. The second kappa shape index (κ2) is 8.09. The molecular formula is C20H30OSi2. The van der Waals surface area contributed by atoms with Gasteiger partial charge in [-0.05, 0) is 34.5 Å². The van der Waals surface area contributed by atoms with E-state index in [1.807, 2.05) is 0 Å². The van der Waals surface area contributed by atoms with Crippen molar-refractivity contribution < 1.29 is 4.12 Å². The molecule has 0 aliphatic heterocycles. The summed E-state index contributed by atoms with van der Waals surface area (Å²) in [6, 6.07) is 26.7. The molecule has 0 aromatic heterocycles. The minimum absolute atomic E-state index is 1.09. The number of benzene rings is 2. The monoisotopic (exact) mass is 342 g/mol. The Hall–Kier alpha value is -1.17. The van der Waals surface area contributed by atoms with Crippen molar-refractivity contribution in [1.82, 2.24) is 0 Å². The van der Waals surface area contributed by atoms with Crippen LogP contribution >= 0.6 is 0 Å². The molecule has 0 heterocycles. The highest BCUT2D eigenvalue weighted by Crippen LogP contribution is 2.28. The molecule has 0 spiro atoms. The smallest absolute Gasteiger partial charge is 0.244 e. The van der Waals surface area contributed by atoms with Crippen molar-refractivity contribution in [3.8, 4) is 0 Å². The third kappa shape index (κ3) is 3.68. The van der Waals surface area contributed by atoms with Gasteiger partial charge in [0.1, 0.15) is 0 Å². The van der Waals surface area contributed by atoms with Crippen LogP contribution in [0.25, 0.3) is 0 Å². The van der Waals surface area contributed by atoms with E-state index >= 15 is 0 Å². The molecule has 0 unspecified atom stereocenters. The SMILES string of the molecule is CC[Si](CC)(CC)O[Si](CC)(c1ccccc1)c1ccccc1. The van der Waals surface area contributed by atoms with Gasteiger partial charge in [-0.1, -0.05) is 88.4 Å². The van der Waals surface area contributed by atoms with Crippen molar-refractivity contribution in [3.05, 3.63) is 60.7 Å². The van der Waals surface area contributed by atoms with Gasteiger partial charge in [0.15, 0.2) is 8.32 Å². The molecule has 124 valence electrons. The van der Waals surface area contributed by atoms with Crippen molar-refractivity contribution >= 4 is 27.0 Å². The van der Waals surface area contributed by atoms with Crippen LogP contribution in [-0.2, 0) is 4.12 Å². The first-order valence-corrected chi connectivity index (χ1v) is 13.6. The summed E-state index contributed by atoms with van der Waals surface area (Å²) in [6.07, 6.45) is 0. The molecule has 0 amide bonds. The van der Waals surface area contributed by atoms with Gasteiger partial charge in [-0.15, -0.1) is 0 Å². The lowest BCUT2D eigenvalue weighted by Gasteiger charge is -2.41. The van der Waals surface area contributed by atoms with Crippen LogP contribution in [-0.4, -0.2) is 16.6 Å². The Kier molecular flexibility index (Phi) is 6.39. The van der Waals surface area contributed by atoms with E-state index in [1.165, 1.54) is 28.5 Å². The quantitative estimate of drug-likeness (QED) is 0.627. The van der Waals surface area contributed by atoms with Crippen molar-refractivity contribution in [2.24, 2.45) is 0 Å². The van der Waals surface area contributed by atoms with Crippen molar-refractivity contribution in [2.75, 3.05) is 0 Å². The molecule has 23 heavy (non-hydrogen) atoms. The summed E-state index contributed by atoms with van der Waals surface area (Å²) in [7, 11) is -3.84. The summed E-state index contributed by atoms with van der Waals surface area (Å²) in [5.74, 6) is 0. The largest absolute Gasteiger partial charge is 0.448 e. The molecule has 0 aliphatic rings. The zero-order chi connectivity index (χ0) is 16.8. The van der Waals surface area contributed by atoms with Crippen LogP contribution in [0, 0.1) is 0 Å². The summed E-state index contributed by atoms with van der Waals surface area (Å²) in [6.45, 7) is 9.28. The Bertz CT molecular complexity index is 531. The van der Waals surface area contributed by atoms with Crippen molar-refractivity contribution in [2.45, 2.75) is 51.9 Å². The van der Waals surface area contributed by atoms with Gasteiger partial charge >= 0.3 is 0 Å². The standard InChI is InChI=1S/C20H30OSi2/c1-5-22(6-2,7-3)21-23(8-4,19-15-11-9-12-16-19)20-17-13-10-14-18-20/h9-18H,5-8H2,1-4H3. The lowest BCUT2D eigenvalue weighted by molar-refractivity contribution is 0.538. The molecule has 0 N–H and O–H groups in total. The number of hydrogen-bond donors (Lipinski definition) is 0. The van der Waals surface area contributed by atoms with Gasteiger partial charge in [0.05, 0.1) is 0 Å². The molecule has 2 aromatic carbocycles. The Labute approximate surface area is 144 Å². The first-order chi connectivity index (χ1) is 11.2. The average Bonchev–Trinajstić information content (AvgIpc) is 2.65. The molecule has 0 saturated carbocycles. The molecule has 0 radical (unpaired) electrons. The summed E-state index contributed by atoms with van der Waals surface area (Å²) >= 11 is 0. The highest BCUT2D eigenvalue weighted by atomic mass is 28.4. The predicted molar refractivity (Wildman–Crippen MR) is 107 cm³/mol. The van der Waals surface area contributed by atoms with Gasteiger partial charge in [0, 0.05) is 0 Å². The van der Waals surface area contributed by atoms with E-state index in [-0.39, 0.29) is 0 Å². The van der Waals surface area contributed by atoms with Gasteiger partial charge in [0.2, 0.25) is 8.32 Å². The van der Waals surface area contributed by atoms with Crippen LogP contribution in [0.1, 0.15) is 27.7 Å². The van der Waals surface area contributed by atoms with Crippen molar-refractivity contribution in [3.63, 3.8) is 0 Å². The zero-order valence-electron chi connectivity index (χ0n) is 15.0. The first-order valence-electron chi connectivity index (χ1n) is 8.97.